The first kappa shape index (κ1) is 15.3. The van der Waals surface area contributed by atoms with Gasteiger partial charge in [0.05, 0.1) is 28.6 Å². The van der Waals surface area contributed by atoms with Gasteiger partial charge in [0.15, 0.2) is 0 Å². The molecule has 0 amide bonds. The maximum atomic E-state index is 13.7. The van der Waals surface area contributed by atoms with E-state index in [0.29, 0.717) is 16.0 Å². The highest BCUT2D eigenvalue weighted by Crippen LogP contribution is 2.28. The van der Waals surface area contributed by atoms with Crippen LogP contribution in [0.2, 0.25) is 5.02 Å². The Kier molecular flexibility index (Phi) is 4.65. The monoisotopic (exact) mass is 363 g/mol. The molecule has 0 aliphatic carbocycles. The number of benzene rings is 1. The Balaban J connectivity index is 2.24. The molecule has 0 radical (unpaired) electrons. The second-order valence-electron chi connectivity index (χ2n) is 4.28. The van der Waals surface area contributed by atoms with Crippen LogP contribution in [-0.4, -0.2) is 9.78 Å². The van der Waals surface area contributed by atoms with Crippen molar-refractivity contribution in [1.82, 2.24) is 9.78 Å². The van der Waals surface area contributed by atoms with Gasteiger partial charge in [0.2, 0.25) is 0 Å². The summed E-state index contributed by atoms with van der Waals surface area (Å²) < 4.78 is 28.7. The first-order valence-electron chi connectivity index (χ1n) is 6.02. The van der Waals surface area contributed by atoms with Gasteiger partial charge in [0.25, 0.3) is 0 Å². The van der Waals surface area contributed by atoms with Crippen molar-refractivity contribution in [3.8, 4) is 0 Å². The van der Waals surface area contributed by atoms with E-state index in [-0.39, 0.29) is 5.69 Å². The Bertz CT molecular complexity index is 620. The van der Waals surface area contributed by atoms with E-state index in [9.17, 15) is 8.78 Å². The summed E-state index contributed by atoms with van der Waals surface area (Å²) in [6.45, 7) is 2.26. The predicted octanol–water partition coefficient (Wildman–Crippen LogP) is 4.29. The normalized spacial score (nSPS) is 10.9. The first-order valence-corrected chi connectivity index (χ1v) is 7.19. The molecule has 0 aliphatic heterocycles. The fraction of sp³-hybridized carbons (Fsp3) is 0.308. The van der Waals surface area contributed by atoms with Crippen molar-refractivity contribution in [3.05, 3.63) is 44.7 Å². The Labute approximate surface area is 129 Å². The zero-order valence-corrected chi connectivity index (χ0v) is 13.3. The van der Waals surface area contributed by atoms with Crippen molar-refractivity contribution in [2.24, 2.45) is 7.05 Å². The van der Waals surface area contributed by atoms with Gasteiger partial charge in [-0.25, -0.2) is 8.78 Å². The molecule has 1 N–H and O–H groups in total. The van der Waals surface area contributed by atoms with Crippen LogP contribution in [0.4, 0.5) is 14.5 Å². The lowest BCUT2D eigenvalue weighted by atomic mass is 10.2. The van der Waals surface area contributed by atoms with Gasteiger partial charge < -0.3 is 5.32 Å². The van der Waals surface area contributed by atoms with Gasteiger partial charge in [0, 0.05) is 17.6 Å². The highest BCUT2D eigenvalue weighted by molar-refractivity contribution is 9.10. The minimum absolute atomic E-state index is 0.196. The molecule has 0 saturated carbocycles. The van der Waals surface area contributed by atoms with Crippen molar-refractivity contribution in [1.29, 1.82) is 0 Å². The summed E-state index contributed by atoms with van der Waals surface area (Å²) in [7, 11) is 1.78. The van der Waals surface area contributed by atoms with Crippen LogP contribution in [0.1, 0.15) is 18.3 Å². The largest absolute Gasteiger partial charge is 0.376 e. The number of halogens is 4. The number of hydrogen-bond donors (Lipinski definition) is 1. The lowest BCUT2D eigenvalue weighted by Gasteiger charge is -2.10. The van der Waals surface area contributed by atoms with E-state index in [2.05, 4.69) is 26.3 Å². The quantitative estimate of drug-likeness (QED) is 0.877. The SMILES string of the molecule is CCc1nn(C)c(CNc2c(F)cc(F)cc2Br)c1Cl. The zero-order valence-electron chi connectivity index (χ0n) is 11.0. The maximum Gasteiger partial charge on any atom is 0.150 e. The number of rotatable bonds is 4. The van der Waals surface area contributed by atoms with Crippen LogP contribution >= 0.6 is 27.5 Å². The van der Waals surface area contributed by atoms with E-state index in [4.69, 9.17) is 11.6 Å². The number of aryl methyl sites for hydroxylation is 2. The van der Waals surface area contributed by atoms with E-state index in [1.807, 2.05) is 6.92 Å². The molecule has 0 unspecified atom stereocenters. The number of anilines is 1. The lowest BCUT2D eigenvalue weighted by Crippen LogP contribution is -2.07. The summed E-state index contributed by atoms with van der Waals surface area (Å²) in [5, 5.41) is 7.76. The smallest absolute Gasteiger partial charge is 0.150 e. The Morgan fingerprint density at radius 3 is 2.65 bits per heavy atom. The highest BCUT2D eigenvalue weighted by atomic mass is 79.9. The van der Waals surface area contributed by atoms with Gasteiger partial charge in [-0.05, 0) is 28.4 Å². The molecule has 1 aromatic carbocycles. The third kappa shape index (κ3) is 2.96. The van der Waals surface area contributed by atoms with Crippen molar-refractivity contribution in [2.45, 2.75) is 19.9 Å². The fourth-order valence-electron chi connectivity index (χ4n) is 1.90. The zero-order chi connectivity index (χ0) is 14.9. The molecule has 2 rings (SSSR count). The van der Waals surface area contributed by atoms with E-state index >= 15 is 0 Å². The summed E-state index contributed by atoms with van der Waals surface area (Å²) in [6.07, 6.45) is 0.723. The minimum Gasteiger partial charge on any atom is -0.376 e. The molecule has 1 heterocycles. The molecular weight excluding hydrogens is 352 g/mol. The van der Waals surface area contributed by atoms with Gasteiger partial charge in [-0.2, -0.15) is 5.10 Å². The summed E-state index contributed by atoms with van der Waals surface area (Å²) in [6, 6.07) is 2.03. The Hall–Kier alpha value is -1.14. The van der Waals surface area contributed by atoms with Gasteiger partial charge in [-0.3, -0.25) is 4.68 Å². The van der Waals surface area contributed by atoms with Crippen LogP contribution < -0.4 is 5.32 Å². The van der Waals surface area contributed by atoms with Crippen LogP contribution in [0.15, 0.2) is 16.6 Å². The standard InChI is InChI=1S/C13H13BrClF2N3/c1-3-10-12(15)11(20(2)19-10)6-18-13-8(14)4-7(16)5-9(13)17/h4-5,18H,3,6H2,1-2H3. The predicted molar refractivity (Wildman–Crippen MR) is 79.0 cm³/mol. The van der Waals surface area contributed by atoms with E-state index in [1.54, 1.807) is 11.7 Å². The van der Waals surface area contributed by atoms with Gasteiger partial charge in [-0.15, -0.1) is 0 Å². The van der Waals surface area contributed by atoms with Crippen LogP contribution in [0.5, 0.6) is 0 Å². The summed E-state index contributed by atoms with van der Waals surface area (Å²) in [5.74, 6) is -1.29. The topological polar surface area (TPSA) is 29.9 Å². The number of nitrogens with one attached hydrogen (secondary N) is 1. The number of aromatic nitrogens is 2. The molecule has 0 spiro atoms. The third-order valence-corrected chi connectivity index (χ3v) is 4.00. The molecule has 2 aromatic rings. The van der Waals surface area contributed by atoms with E-state index in [1.165, 1.54) is 6.07 Å². The van der Waals surface area contributed by atoms with E-state index < -0.39 is 11.6 Å². The van der Waals surface area contributed by atoms with Crippen LogP contribution in [-0.2, 0) is 20.0 Å². The van der Waals surface area contributed by atoms with E-state index in [0.717, 1.165) is 23.9 Å². The second kappa shape index (κ2) is 6.10. The summed E-state index contributed by atoms with van der Waals surface area (Å²) in [5.41, 5.74) is 1.74. The average molecular weight is 365 g/mol. The molecule has 20 heavy (non-hydrogen) atoms. The molecule has 0 aliphatic rings. The van der Waals surface area contributed by atoms with Crippen molar-refractivity contribution in [2.75, 3.05) is 5.32 Å². The van der Waals surface area contributed by atoms with Gasteiger partial charge in [-0.1, -0.05) is 18.5 Å². The molecule has 0 fully saturated rings. The molecule has 7 heteroatoms. The maximum absolute atomic E-state index is 13.7. The molecule has 0 saturated heterocycles. The van der Waals surface area contributed by atoms with Gasteiger partial charge in [0.1, 0.15) is 11.6 Å². The molecule has 3 nitrogen and oxygen atoms in total. The van der Waals surface area contributed by atoms with Crippen molar-refractivity contribution < 1.29 is 8.78 Å². The first-order chi connectivity index (χ1) is 9.43. The van der Waals surface area contributed by atoms with Crippen LogP contribution in [0.3, 0.4) is 0 Å². The average Bonchev–Trinajstić information content (AvgIpc) is 2.64. The second-order valence-corrected chi connectivity index (χ2v) is 5.51. The van der Waals surface area contributed by atoms with Crippen molar-refractivity contribution >= 4 is 33.2 Å². The minimum atomic E-state index is -0.661. The number of hydrogen-bond acceptors (Lipinski definition) is 2. The van der Waals surface area contributed by atoms with Crippen LogP contribution in [0.25, 0.3) is 0 Å². The number of nitrogens with zero attached hydrogens (tertiary/aromatic N) is 2. The Morgan fingerprint density at radius 2 is 2.10 bits per heavy atom. The lowest BCUT2D eigenvalue weighted by molar-refractivity contribution is 0.583. The van der Waals surface area contributed by atoms with Crippen LogP contribution in [0, 0.1) is 11.6 Å². The van der Waals surface area contributed by atoms with Gasteiger partial charge >= 0.3 is 0 Å². The van der Waals surface area contributed by atoms with Crippen molar-refractivity contribution in [3.63, 3.8) is 0 Å². The molecule has 0 bridgehead atoms. The summed E-state index contributed by atoms with van der Waals surface area (Å²) in [4.78, 5) is 0. The summed E-state index contributed by atoms with van der Waals surface area (Å²) >= 11 is 9.34. The highest BCUT2D eigenvalue weighted by Gasteiger charge is 2.15. The molecule has 108 valence electrons. The molecule has 1 aromatic heterocycles. The molecular formula is C13H13BrClF2N3. The third-order valence-electron chi connectivity index (χ3n) is 2.94. The molecule has 0 atom stereocenters. The fourth-order valence-corrected chi connectivity index (χ4v) is 2.80. The Morgan fingerprint density at radius 1 is 1.40 bits per heavy atom.